The zero-order chi connectivity index (χ0) is 21.9. The first-order valence-corrected chi connectivity index (χ1v) is 13.6. The third-order valence-corrected chi connectivity index (χ3v) is 10.2. The van der Waals surface area contributed by atoms with E-state index in [0.29, 0.717) is 5.41 Å². The first kappa shape index (κ1) is 24.3. The molecular weight excluding hydrogens is 364 g/mol. The summed E-state index contributed by atoms with van der Waals surface area (Å²) in [5.41, 5.74) is 1.98. The Labute approximate surface area is 188 Å². The second kappa shape index (κ2) is 10.5. The van der Waals surface area contributed by atoms with Gasteiger partial charge in [0, 0.05) is 0 Å². The molecule has 3 aliphatic carbocycles. The molecule has 0 heterocycles. The largest absolute Gasteiger partial charge is 0.393 e. The Balaban J connectivity index is 1.64. The molecule has 0 radical (unpaired) electrons. The fraction of sp³-hybridized carbons (Fsp3) is 0.931. The lowest BCUT2D eigenvalue weighted by Gasteiger charge is -2.50. The summed E-state index contributed by atoms with van der Waals surface area (Å²) in [5.74, 6) is 6.15. The molecule has 0 spiro atoms. The molecule has 0 aliphatic heterocycles. The number of rotatable bonds is 6. The fourth-order valence-corrected chi connectivity index (χ4v) is 7.91. The van der Waals surface area contributed by atoms with Crippen molar-refractivity contribution in [1.82, 2.24) is 0 Å². The average molecular weight is 417 g/mol. The molecule has 0 aromatic heterocycles. The molecule has 1 heteroatoms. The predicted molar refractivity (Wildman–Crippen MR) is 130 cm³/mol. The highest BCUT2D eigenvalue weighted by molar-refractivity contribution is 5.23. The molecule has 0 amide bonds. The lowest BCUT2D eigenvalue weighted by molar-refractivity contribution is 0.0426. The molecule has 2 saturated carbocycles. The number of aliphatic hydroxyl groups excluding tert-OH is 1. The Hall–Kier alpha value is -0.300. The Morgan fingerprint density at radius 3 is 2.53 bits per heavy atom. The Bertz CT molecular complexity index is 563. The van der Waals surface area contributed by atoms with Gasteiger partial charge in [0.1, 0.15) is 0 Å². The Morgan fingerprint density at radius 2 is 1.83 bits per heavy atom. The van der Waals surface area contributed by atoms with Crippen molar-refractivity contribution in [3.8, 4) is 0 Å². The standard InChI is InChI=1S/C29H52O/c1-7-23(20(2)3)13-11-21(4)27-10-8-9-24-14-15-25-19-26(30)17-18-29(25,6)28(24)16-12-22(27)5/h15,20-24,26-28,30H,7-14,16-19H2,1-6H3. The minimum absolute atomic E-state index is 0.0841. The molecule has 3 rings (SSSR count). The van der Waals surface area contributed by atoms with Gasteiger partial charge >= 0.3 is 0 Å². The molecule has 3 aliphatic rings. The molecule has 1 N–H and O–H groups in total. The highest BCUT2D eigenvalue weighted by atomic mass is 16.3. The molecule has 0 aromatic carbocycles. The minimum atomic E-state index is -0.0841. The van der Waals surface area contributed by atoms with Crippen molar-refractivity contribution in [3.05, 3.63) is 11.6 Å². The van der Waals surface area contributed by atoms with Crippen LogP contribution >= 0.6 is 0 Å². The summed E-state index contributed by atoms with van der Waals surface area (Å²) in [5, 5.41) is 10.2. The van der Waals surface area contributed by atoms with E-state index < -0.39 is 0 Å². The van der Waals surface area contributed by atoms with Crippen LogP contribution in [0.5, 0.6) is 0 Å². The van der Waals surface area contributed by atoms with Crippen LogP contribution in [0, 0.1) is 46.8 Å². The van der Waals surface area contributed by atoms with Crippen LogP contribution in [0.3, 0.4) is 0 Å². The maximum Gasteiger partial charge on any atom is 0.0577 e. The highest BCUT2D eigenvalue weighted by Crippen LogP contribution is 2.56. The van der Waals surface area contributed by atoms with Gasteiger partial charge in [0.2, 0.25) is 0 Å². The highest BCUT2D eigenvalue weighted by Gasteiger charge is 2.46. The normalized spacial score (nSPS) is 39.7. The number of hydrogen-bond acceptors (Lipinski definition) is 1. The van der Waals surface area contributed by atoms with Crippen LogP contribution in [0.4, 0.5) is 0 Å². The SMILES string of the molecule is CCC(CCC(C)C1CCCC2CC=C3CC(O)CCC3(C)C2CCC1C)C(C)C. The second-order valence-corrected chi connectivity index (χ2v) is 12.3. The van der Waals surface area contributed by atoms with E-state index in [2.05, 4.69) is 47.6 Å². The third kappa shape index (κ3) is 5.36. The molecule has 174 valence electrons. The van der Waals surface area contributed by atoms with Crippen LogP contribution in [-0.2, 0) is 0 Å². The van der Waals surface area contributed by atoms with Crippen LogP contribution in [0.15, 0.2) is 11.6 Å². The van der Waals surface area contributed by atoms with Crippen molar-refractivity contribution >= 4 is 0 Å². The molecule has 2 fully saturated rings. The molecule has 0 saturated heterocycles. The van der Waals surface area contributed by atoms with Crippen molar-refractivity contribution in [2.75, 3.05) is 0 Å². The van der Waals surface area contributed by atoms with Gasteiger partial charge in [0.15, 0.2) is 0 Å². The molecule has 0 bridgehead atoms. The van der Waals surface area contributed by atoms with Crippen LogP contribution < -0.4 is 0 Å². The molecule has 30 heavy (non-hydrogen) atoms. The van der Waals surface area contributed by atoms with Crippen molar-refractivity contribution in [3.63, 3.8) is 0 Å². The van der Waals surface area contributed by atoms with E-state index in [1.165, 1.54) is 64.2 Å². The van der Waals surface area contributed by atoms with Gasteiger partial charge in [-0.1, -0.05) is 78.9 Å². The quantitative estimate of drug-likeness (QED) is 0.431. The topological polar surface area (TPSA) is 20.2 Å². The van der Waals surface area contributed by atoms with E-state index in [-0.39, 0.29) is 6.10 Å². The monoisotopic (exact) mass is 416 g/mol. The maximum absolute atomic E-state index is 10.2. The smallest absolute Gasteiger partial charge is 0.0577 e. The molecule has 1 nitrogen and oxygen atoms in total. The van der Waals surface area contributed by atoms with E-state index >= 15 is 0 Å². The molecule has 8 atom stereocenters. The first-order chi connectivity index (χ1) is 14.3. The summed E-state index contributed by atoms with van der Waals surface area (Å²) in [4.78, 5) is 0. The van der Waals surface area contributed by atoms with Crippen molar-refractivity contribution in [2.24, 2.45) is 46.8 Å². The zero-order valence-corrected chi connectivity index (χ0v) is 21.1. The van der Waals surface area contributed by atoms with E-state index in [1.807, 2.05) is 0 Å². The summed E-state index contributed by atoms with van der Waals surface area (Å²) in [6.07, 6.45) is 18.3. The molecule has 0 aromatic rings. The number of aliphatic hydroxyl groups is 1. The van der Waals surface area contributed by atoms with Gasteiger partial charge in [0.25, 0.3) is 0 Å². The summed E-state index contributed by atoms with van der Waals surface area (Å²) >= 11 is 0. The van der Waals surface area contributed by atoms with Gasteiger partial charge in [-0.15, -0.1) is 0 Å². The van der Waals surface area contributed by atoms with Crippen LogP contribution in [0.25, 0.3) is 0 Å². The predicted octanol–water partition coefficient (Wildman–Crippen LogP) is 8.41. The molecule has 8 unspecified atom stereocenters. The summed E-state index contributed by atoms with van der Waals surface area (Å²) in [7, 11) is 0. The second-order valence-electron chi connectivity index (χ2n) is 12.3. The first-order valence-electron chi connectivity index (χ1n) is 13.6. The van der Waals surface area contributed by atoms with Crippen molar-refractivity contribution in [2.45, 2.75) is 125 Å². The van der Waals surface area contributed by atoms with Gasteiger partial charge in [0.05, 0.1) is 6.10 Å². The lowest BCUT2D eigenvalue weighted by Crippen LogP contribution is -2.42. The van der Waals surface area contributed by atoms with Crippen LogP contribution in [0.1, 0.15) is 119 Å². The minimum Gasteiger partial charge on any atom is -0.393 e. The number of allylic oxidation sites excluding steroid dienone is 1. The average Bonchev–Trinajstić information content (AvgIpc) is 2.78. The van der Waals surface area contributed by atoms with Gasteiger partial charge in [-0.05, 0) is 98.2 Å². The Morgan fingerprint density at radius 1 is 1.07 bits per heavy atom. The van der Waals surface area contributed by atoms with Crippen LogP contribution in [0.2, 0.25) is 0 Å². The zero-order valence-electron chi connectivity index (χ0n) is 21.1. The summed E-state index contributed by atoms with van der Waals surface area (Å²) < 4.78 is 0. The molecular formula is C29H52O. The van der Waals surface area contributed by atoms with Crippen molar-refractivity contribution in [1.29, 1.82) is 0 Å². The summed E-state index contributed by atoms with van der Waals surface area (Å²) in [6, 6.07) is 0. The lowest BCUT2D eigenvalue weighted by atomic mass is 9.55. The summed E-state index contributed by atoms with van der Waals surface area (Å²) in [6.45, 7) is 14.9. The third-order valence-electron chi connectivity index (χ3n) is 10.2. The fourth-order valence-electron chi connectivity index (χ4n) is 7.91. The van der Waals surface area contributed by atoms with Crippen molar-refractivity contribution < 1.29 is 5.11 Å². The number of fused-ring (bicyclic) bond motifs is 3. The maximum atomic E-state index is 10.2. The number of hydrogen-bond donors (Lipinski definition) is 1. The van der Waals surface area contributed by atoms with Gasteiger partial charge < -0.3 is 5.11 Å². The Kier molecular flexibility index (Phi) is 8.56. The van der Waals surface area contributed by atoms with Gasteiger partial charge in [-0.3, -0.25) is 0 Å². The van der Waals surface area contributed by atoms with E-state index in [1.54, 1.807) is 5.57 Å². The van der Waals surface area contributed by atoms with Gasteiger partial charge in [-0.25, -0.2) is 0 Å². The van der Waals surface area contributed by atoms with E-state index in [0.717, 1.165) is 54.3 Å². The van der Waals surface area contributed by atoms with E-state index in [4.69, 9.17) is 0 Å². The van der Waals surface area contributed by atoms with E-state index in [9.17, 15) is 5.11 Å². The van der Waals surface area contributed by atoms with Crippen LogP contribution in [-0.4, -0.2) is 11.2 Å². The van der Waals surface area contributed by atoms with Gasteiger partial charge in [-0.2, -0.15) is 0 Å².